The van der Waals surface area contributed by atoms with Gasteiger partial charge in [0, 0.05) is 12.8 Å². The second-order valence-electron chi connectivity index (χ2n) is 4.31. The molecule has 2 rings (SSSR count). The molecule has 4 nitrogen and oxygen atoms in total. The number of rotatable bonds is 3. The minimum absolute atomic E-state index is 0.0974. The second kappa shape index (κ2) is 5.46. The molecule has 4 heteroatoms. The first-order valence-electron chi connectivity index (χ1n) is 5.81. The van der Waals surface area contributed by atoms with Crippen LogP contribution in [-0.4, -0.2) is 31.6 Å². The first-order valence-corrected chi connectivity index (χ1v) is 5.81. The van der Waals surface area contributed by atoms with Crippen molar-refractivity contribution < 1.29 is 19.0 Å². The van der Waals surface area contributed by atoms with Gasteiger partial charge in [-0.05, 0) is 19.3 Å². The standard InChI is InChI=1S/C12H18O4/c1-9(13)14-7-11-8-15-12(16-11)10-5-3-2-4-6-10/h2-3,10-12H,4-8H2,1H3. The predicted octanol–water partition coefficient (Wildman–Crippen LogP) is 1.65. The Labute approximate surface area is 95.6 Å². The Bertz CT molecular complexity index is 274. The second-order valence-corrected chi connectivity index (χ2v) is 4.31. The van der Waals surface area contributed by atoms with Gasteiger partial charge in [-0.3, -0.25) is 4.79 Å². The molecule has 1 heterocycles. The molecule has 0 amide bonds. The fourth-order valence-corrected chi connectivity index (χ4v) is 2.08. The van der Waals surface area contributed by atoms with Crippen LogP contribution >= 0.6 is 0 Å². The third-order valence-electron chi connectivity index (χ3n) is 2.94. The Morgan fingerprint density at radius 3 is 3.06 bits per heavy atom. The van der Waals surface area contributed by atoms with Crippen LogP contribution in [0.3, 0.4) is 0 Å². The number of hydrogen-bond acceptors (Lipinski definition) is 4. The zero-order valence-electron chi connectivity index (χ0n) is 9.56. The van der Waals surface area contributed by atoms with Crippen molar-refractivity contribution in [2.24, 2.45) is 5.92 Å². The summed E-state index contributed by atoms with van der Waals surface area (Å²) in [6.45, 7) is 2.23. The van der Waals surface area contributed by atoms with Gasteiger partial charge in [-0.2, -0.15) is 0 Å². The lowest BCUT2D eigenvalue weighted by molar-refractivity contribution is -0.147. The third kappa shape index (κ3) is 3.06. The monoisotopic (exact) mass is 226 g/mol. The minimum atomic E-state index is -0.271. The van der Waals surface area contributed by atoms with E-state index in [-0.39, 0.29) is 18.4 Å². The van der Waals surface area contributed by atoms with E-state index in [9.17, 15) is 4.79 Å². The molecular weight excluding hydrogens is 208 g/mol. The van der Waals surface area contributed by atoms with Crippen LogP contribution in [0.25, 0.3) is 0 Å². The van der Waals surface area contributed by atoms with Gasteiger partial charge in [-0.1, -0.05) is 12.2 Å². The lowest BCUT2D eigenvalue weighted by Gasteiger charge is -2.23. The molecule has 1 fully saturated rings. The summed E-state index contributed by atoms with van der Waals surface area (Å²) in [5, 5.41) is 0. The smallest absolute Gasteiger partial charge is 0.302 e. The van der Waals surface area contributed by atoms with Gasteiger partial charge in [0.05, 0.1) is 6.61 Å². The first kappa shape index (κ1) is 11.6. The summed E-state index contributed by atoms with van der Waals surface area (Å²) in [6.07, 6.45) is 7.39. The molecule has 0 bridgehead atoms. The summed E-state index contributed by atoms with van der Waals surface area (Å²) < 4.78 is 16.2. The highest BCUT2D eigenvalue weighted by Gasteiger charge is 2.32. The SMILES string of the molecule is CC(=O)OCC1COC(C2CC=CCC2)O1. The van der Waals surface area contributed by atoms with E-state index in [0.29, 0.717) is 19.1 Å². The average molecular weight is 226 g/mol. The van der Waals surface area contributed by atoms with Crippen molar-refractivity contribution in [1.29, 1.82) is 0 Å². The minimum Gasteiger partial charge on any atom is -0.463 e. The molecule has 3 unspecified atom stereocenters. The highest BCUT2D eigenvalue weighted by molar-refractivity contribution is 5.65. The fraction of sp³-hybridized carbons (Fsp3) is 0.750. The van der Waals surface area contributed by atoms with Crippen LogP contribution < -0.4 is 0 Å². The van der Waals surface area contributed by atoms with E-state index in [2.05, 4.69) is 12.2 Å². The molecule has 0 aromatic carbocycles. The van der Waals surface area contributed by atoms with Gasteiger partial charge in [0.25, 0.3) is 0 Å². The number of esters is 1. The Kier molecular flexibility index (Phi) is 3.96. The van der Waals surface area contributed by atoms with Crippen LogP contribution in [0.15, 0.2) is 12.2 Å². The van der Waals surface area contributed by atoms with Crippen LogP contribution in [0.5, 0.6) is 0 Å². The number of allylic oxidation sites excluding steroid dienone is 2. The summed E-state index contributed by atoms with van der Waals surface area (Å²) in [5.74, 6) is 0.181. The van der Waals surface area contributed by atoms with Crippen molar-refractivity contribution >= 4 is 5.97 Å². The highest BCUT2D eigenvalue weighted by Crippen LogP contribution is 2.28. The molecule has 90 valence electrons. The molecule has 3 atom stereocenters. The number of carbonyl (C=O) groups excluding carboxylic acids is 1. The van der Waals surface area contributed by atoms with Gasteiger partial charge in [0.2, 0.25) is 0 Å². The molecule has 1 aliphatic heterocycles. The Hall–Kier alpha value is -0.870. The molecule has 16 heavy (non-hydrogen) atoms. The lowest BCUT2D eigenvalue weighted by Crippen LogP contribution is -2.25. The van der Waals surface area contributed by atoms with Crippen molar-refractivity contribution in [2.45, 2.75) is 38.6 Å². The first-order chi connectivity index (χ1) is 7.75. The van der Waals surface area contributed by atoms with Crippen LogP contribution in [-0.2, 0) is 19.0 Å². The van der Waals surface area contributed by atoms with Crippen LogP contribution in [0.4, 0.5) is 0 Å². The molecular formula is C12H18O4. The molecule has 0 aromatic rings. The van der Waals surface area contributed by atoms with E-state index >= 15 is 0 Å². The fourth-order valence-electron chi connectivity index (χ4n) is 2.08. The largest absolute Gasteiger partial charge is 0.463 e. The zero-order valence-corrected chi connectivity index (χ0v) is 9.56. The highest BCUT2D eigenvalue weighted by atomic mass is 16.7. The summed E-state index contributed by atoms with van der Waals surface area (Å²) in [6, 6.07) is 0. The van der Waals surface area contributed by atoms with Crippen molar-refractivity contribution in [1.82, 2.24) is 0 Å². The van der Waals surface area contributed by atoms with E-state index in [4.69, 9.17) is 14.2 Å². The maximum atomic E-state index is 10.7. The quantitative estimate of drug-likeness (QED) is 0.542. The molecule has 0 spiro atoms. The molecule has 2 aliphatic rings. The van der Waals surface area contributed by atoms with E-state index in [1.54, 1.807) is 0 Å². The van der Waals surface area contributed by atoms with Crippen LogP contribution in [0, 0.1) is 5.92 Å². The van der Waals surface area contributed by atoms with E-state index < -0.39 is 0 Å². The van der Waals surface area contributed by atoms with Gasteiger partial charge in [-0.25, -0.2) is 0 Å². The van der Waals surface area contributed by atoms with E-state index in [1.807, 2.05) is 0 Å². The zero-order chi connectivity index (χ0) is 11.4. The molecule has 0 radical (unpaired) electrons. The number of hydrogen-bond donors (Lipinski definition) is 0. The Balaban J connectivity index is 1.74. The molecule has 0 aromatic heterocycles. The predicted molar refractivity (Wildman–Crippen MR) is 57.7 cm³/mol. The van der Waals surface area contributed by atoms with Crippen molar-refractivity contribution in [3.8, 4) is 0 Å². The summed E-state index contributed by atoms with van der Waals surface area (Å²) in [4.78, 5) is 10.7. The van der Waals surface area contributed by atoms with Crippen LogP contribution in [0.2, 0.25) is 0 Å². The molecule has 0 N–H and O–H groups in total. The van der Waals surface area contributed by atoms with Gasteiger partial charge in [-0.15, -0.1) is 0 Å². The van der Waals surface area contributed by atoms with Crippen molar-refractivity contribution in [2.75, 3.05) is 13.2 Å². The summed E-state index contributed by atoms with van der Waals surface area (Å²) in [7, 11) is 0. The topological polar surface area (TPSA) is 44.8 Å². The van der Waals surface area contributed by atoms with E-state index in [0.717, 1.165) is 19.3 Å². The summed E-state index contributed by atoms with van der Waals surface area (Å²) in [5.41, 5.74) is 0. The third-order valence-corrected chi connectivity index (χ3v) is 2.94. The normalized spacial score (nSPS) is 33.9. The molecule has 0 saturated carbocycles. The summed E-state index contributed by atoms with van der Waals surface area (Å²) >= 11 is 0. The van der Waals surface area contributed by atoms with Crippen molar-refractivity contribution in [3.05, 3.63) is 12.2 Å². The molecule has 1 saturated heterocycles. The maximum Gasteiger partial charge on any atom is 0.302 e. The number of ether oxygens (including phenoxy) is 3. The van der Waals surface area contributed by atoms with E-state index in [1.165, 1.54) is 6.92 Å². The maximum absolute atomic E-state index is 10.7. The van der Waals surface area contributed by atoms with Crippen molar-refractivity contribution in [3.63, 3.8) is 0 Å². The number of carbonyl (C=O) groups is 1. The van der Waals surface area contributed by atoms with Gasteiger partial charge in [0.1, 0.15) is 12.7 Å². The van der Waals surface area contributed by atoms with Gasteiger partial charge < -0.3 is 14.2 Å². The van der Waals surface area contributed by atoms with Crippen LogP contribution in [0.1, 0.15) is 26.2 Å². The Morgan fingerprint density at radius 2 is 2.38 bits per heavy atom. The Morgan fingerprint density at radius 1 is 1.50 bits per heavy atom. The lowest BCUT2D eigenvalue weighted by atomic mass is 9.94. The molecule has 1 aliphatic carbocycles. The average Bonchev–Trinajstić information content (AvgIpc) is 2.76. The van der Waals surface area contributed by atoms with Gasteiger partial charge >= 0.3 is 5.97 Å². The van der Waals surface area contributed by atoms with Gasteiger partial charge in [0.15, 0.2) is 6.29 Å².